The third-order valence-corrected chi connectivity index (χ3v) is 3.76. The Balaban J connectivity index is 2.52. The van der Waals surface area contributed by atoms with Gasteiger partial charge in [0, 0.05) is 17.1 Å². The zero-order chi connectivity index (χ0) is 16.3. The van der Waals surface area contributed by atoms with Crippen LogP contribution in [0.25, 0.3) is 10.9 Å². The fraction of sp³-hybridized carbons (Fsp3) is 0.353. The molecule has 1 heterocycles. The molecule has 2 rings (SSSR count). The normalized spacial score (nSPS) is 12.1. The highest BCUT2D eigenvalue weighted by molar-refractivity contribution is 6.07. The number of carboxylic acids is 1. The van der Waals surface area contributed by atoms with E-state index in [9.17, 15) is 9.59 Å². The number of carbonyl (C=O) groups is 2. The third-order valence-electron chi connectivity index (χ3n) is 3.76. The second-order valence-corrected chi connectivity index (χ2v) is 5.41. The van der Waals surface area contributed by atoms with Gasteiger partial charge in [-0.3, -0.25) is 14.6 Å². The van der Waals surface area contributed by atoms with Gasteiger partial charge in [0.15, 0.2) is 0 Å². The number of benzene rings is 1. The molecule has 2 aromatic rings. The molecule has 5 nitrogen and oxygen atoms in total. The molecule has 0 aliphatic carbocycles. The predicted molar refractivity (Wildman–Crippen MR) is 84.9 cm³/mol. The van der Waals surface area contributed by atoms with E-state index in [4.69, 9.17) is 5.11 Å². The van der Waals surface area contributed by atoms with Crippen molar-refractivity contribution in [2.45, 2.75) is 33.2 Å². The van der Waals surface area contributed by atoms with E-state index in [1.165, 1.54) is 4.90 Å². The number of nitrogens with zero attached hydrogens (tertiary/aromatic N) is 2. The topological polar surface area (TPSA) is 70.5 Å². The lowest BCUT2D eigenvalue weighted by atomic mass is 10.1. The number of pyridine rings is 1. The summed E-state index contributed by atoms with van der Waals surface area (Å²) in [5.41, 5.74) is 1.98. The number of rotatable bonds is 5. The minimum atomic E-state index is -1.01. The summed E-state index contributed by atoms with van der Waals surface area (Å²) in [5, 5.41) is 9.83. The number of amides is 1. The smallest absolute Gasteiger partial charge is 0.323 e. The van der Waals surface area contributed by atoms with Crippen molar-refractivity contribution in [1.82, 2.24) is 9.88 Å². The molecule has 0 radical (unpaired) electrons. The van der Waals surface area contributed by atoms with E-state index in [1.807, 2.05) is 45.0 Å². The largest absolute Gasteiger partial charge is 0.480 e. The first-order valence-corrected chi connectivity index (χ1v) is 7.33. The van der Waals surface area contributed by atoms with Gasteiger partial charge >= 0.3 is 5.97 Å². The first-order chi connectivity index (χ1) is 10.4. The number of aryl methyl sites for hydroxylation is 1. The van der Waals surface area contributed by atoms with Crippen LogP contribution < -0.4 is 0 Å². The lowest BCUT2D eigenvalue weighted by Crippen LogP contribution is -2.42. The van der Waals surface area contributed by atoms with Crippen LogP contribution in [0.4, 0.5) is 0 Å². The van der Waals surface area contributed by atoms with Crippen LogP contribution in [-0.4, -0.2) is 39.5 Å². The summed E-state index contributed by atoms with van der Waals surface area (Å²) in [4.78, 5) is 29.8. The van der Waals surface area contributed by atoms with Crippen molar-refractivity contribution in [2.24, 2.45) is 0 Å². The van der Waals surface area contributed by atoms with Crippen LogP contribution >= 0.6 is 0 Å². The van der Waals surface area contributed by atoms with Crippen LogP contribution in [0.15, 0.2) is 30.3 Å². The standard InChI is InChI=1S/C17H20N2O3/c1-4-12(3)19(10-16(20)21)17(22)14-9-11(2)18-15-8-6-5-7-13(14)15/h5-9,12H,4,10H2,1-3H3,(H,20,21). The number of hydrogen-bond donors (Lipinski definition) is 1. The van der Waals surface area contributed by atoms with Crippen molar-refractivity contribution in [3.05, 3.63) is 41.6 Å². The number of hydrogen-bond acceptors (Lipinski definition) is 3. The molecule has 0 spiro atoms. The summed E-state index contributed by atoms with van der Waals surface area (Å²) in [6, 6.07) is 8.99. The average molecular weight is 300 g/mol. The van der Waals surface area contributed by atoms with Crippen LogP contribution in [-0.2, 0) is 4.79 Å². The van der Waals surface area contributed by atoms with Gasteiger partial charge in [0.1, 0.15) is 6.54 Å². The number of carboxylic acid groups (broad SMARTS) is 1. The maximum atomic E-state index is 12.9. The number of fused-ring (bicyclic) bond motifs is 1. The molecule has 116 valence electrons. The first kappa shape index (κ1) is 15.9. The van der Waals surface area contributed by atoms with Crippen LogP contribution in [0.1, 0.15) is 36.3 Å². The Kier molecular flexibility index (Phi) is 4.75. The van der Waals surface area contributed by atoms with Crippen LogP contribution in [0.3, 0.4) is 0 Å². The highest BCUT2D eigenvalue weighted by atomic mass is 16.4. The van der Waals surface area contributed by atoms with E-state index in [2.05, 4.69) is 4.98 Å². The lowest BCUT2D eigenvalue weighted by Gasteiger charge is -2.27. The van der Waals surface area contributed by atoms with Gasteiger partial charge in [0.25, 0.3) is 5.91 Å². The molecule has 0 aliphatic heterocycles. The molecule has 1 unspecified atom stereocenters. The van der Waals surface area contributed by atoms with Crippen molar-refractivity contribution >= 4 is 22.8 Å². The minimum absolute atomic E-state index is 0.143. The Morgan fingerprint density at radius 3 is 2.64 bits per heavy atom. The molecule has 1 aromatic carbocycles. The van der Waals surface area contributed by atoms with Crippen molar-refractivity contribution in [3.8, 4) is 0 Å². The third kappa shape index (κ3) is 3.24. The summed E-state index contributed by atoms with van der Waals surface area (Å²) in [6.45, 7) is 5.32. The second kappa shape index (κ2) is 6.56. The minimum Gasteiger partial charge on any atom is -0.480 e. The van der Waals surface area contributed by atoms with Crippen molar-refractivity contribution in [1.29, 1.82) is 0 Å². The Morgan fingerprint density at radius 1 is 1.32 bits per heavy atom. The van der Waals surface area contributed by atoms with Gasteiger partial charge < -0.3 is 10.0 Å². The SMILES string of the molecule is CCC(C)N(CC(=O)O)C(=O)c1cc(C)nc2ccccc12. The van der Waals surface area contributed by atoms with Crippen molar-refractivity contribution in [3.63, 3.8) is 0 Å². The van der Waals surface area contributed by atoms with Crippen molar-refractivity contribution < 1.29 is 14.7 Å². The quantitative estimate of drug-likeness (QED) is 0.921. The molecule has 0 aliphatic rings. The monoisotopic (exact) mass is 300 g/mol. The molecule has 5 heteroatoms. The summed E-state index contributed by atoms with van der Waals surface area (Å²) in [7, 11) is 0. The highest BCUT2D eigenvalue weighted by Gasteiger charge is 2.24. The maximum Gasteiger partial charge on any atom is 0.323 e. The summed E-state index contributed by atoms with van der Waals surface area (Å²) < 4.78 is 0. The molecule has 0 fully saturated rings. The van der Waals surface area contributed by atoms with Gasteiger partial charge in [-0.25, -0.2) is 0 Å². The number of carbonyl (C=O) groups excluding carboxylic acids is 1. The lowest BCUT2D eigenvalue weighted by molar-refractivity contribution is -0.138. The number of para-hydroxylation sites is 1. The van der Waals surface area contributed by atoms with Gasteiger partial charge in [0.05, 0.1) is 11.1 Å². The van der Waals surface area contributed by atoms with Crippen LogP contribution in [0.2, 0.25) is 0 Å². The van der Waals surface area contributed by atoms with Gasteiger partial charge in [-0.15, -0.1) is 0 Å². The van der Waals surface area contributed by atoms with Gasteiger partial charge in [0.2, 0.25) is 0 Å². The summed E-state index contributed by atoms with van der Waals surface area (Å²) in [6.07, 6.45) is 0.695. The van der Waals surface area contributed by atoms with E-state index >= 15 is 0 Å². The zero-order valence-corrected chi connectivity index (χ0v) is 13.0. The van der Waals surface area contributed by atoms with Gasteiger partial charge in [-0.2, -0.15) is 0 Å². The molecule has 1 amide bonds. The first-order valence-electron chi connectivity index (χ1n) is 7.33. The van der Waals surface area contributed by atoms with E-state index in [0.29, 0.717) is 12.0 Å². The summed E-state index contributed by atoms with van der Waals surface area (Å²) >= 11 is 0. The van der Waals surface area contributed by atoms with E-state index < -0.39 is 5.97 Å². The van der Waals surface area contributed by atoms with E-state index in [0.717, 1.165) is 16.6 Å². The molecule has 22 heavy (non-hydrogen) atoms. The Morgan fingerprint density at radius 2 is 2.00 bits per heavy atom. The maximum absolute atomic E-state index is 12.9. The average Bonchev–Trinajstić information content (AvgIpc) is 2.50. The molecular formula is C17H20N2O3. The molecule has 0 bridgehead atoms. The number of aromatic nitrogens is 1. The van der Waals surface area contributed by atoms with Crippen LogP contribution in [0.5, 0.6) is 0 Å². The summed E-state index contributed by atoms with van der Waals surface area (Å²) in [5.74, 6) is -1.28. The van der Waals surface area contributed by atoms with Crippen molar-refractivity contribution in [2.75, 3.05) is 6.54 Å². The number of aliphatic carboxylic acids is 1. The van der Waals surface area contributed by atoms with E-state index in [-0.39, 0.29) is 18.5 Å². The predicted octanol–water partition coefficient (Wildman–Crippen LogP) is 2.87. The van der Waals surface area contributed by atoms with E-state index in [1.54, 1.807) is 6.07 Å². The molecule has 0 saturated carbocycles. The van der Waals surface area contributed by atoms with Crippen LogP contribution in [0, 0.1) is 6.92 Å². The Labute approximate surface area is 129 Å². The zero-order valence-electron chi connectivity index (χ0n) is 13.0. The van der Waals surface area contributed by atoms with Gasteiger partial charge in [-0.1, -0.05) is 25.1 Å². The molecular weight excluding hydrogens is 280 g/mol. The Bertz CT molecular complexity index is 712. The Hall–Kier alpha value is -2.43. The second-order valence-electron chi connectivity index (χ2n) is 5.41. The fourth-order valence-corrected chi connectivity index (χ4v) is 2.43. The molecule has 0 saturated heterocycles. The molecule has 1 aromatic heterocycles. The van der Waals surface area contributed by atoms with Gasteiger partial charge in [-0.05, 0) is 32.4 Å². The molecule has 1 atom stereocenters. The highest BCUT2D eigenvalue weighted by Crippen LogP contribution is 2.21. The fourth-order valence-electron chi connectivity index (χ4n) is 2.43. The molecule has 1 N–H and O–H groups in total.